The lowest BCUT2D eigenvalue weighted by Crippen LogP contribution is -2.45. The van der Waals surface area contributed by atoms with Gasteiger partial charge in [0.15, 0.2) is 0 Å². The summed E-state index contributed by atoms with van der Waals surface area (Å²) in [5.41, 5.74) is 2.85. The molecule has 0 radical (unpaired) electrons. The van der Waals surface area contributed by atoms with Crippen LogP contribution < -0.4 is 0 Å². The van der Waals surface area contributed by atoms with E-state index in [0.717, 1.165) is 13.1 Å². The Morgan fingerprint density at radius 2 is 1.14 bits per heavy atom. The Balaban J connectivity index is 1.97. The fraction of sp³-hybridized carbons (Fsp3) is 0.300. The summed E-state index contributed by atoms with van der Waals surface area (Å²) in [4.78, 5) is 2.61. The SMILES string of the molecule is CCN(CC)B1[C@@H](c2ccccc2)C=C[C@@H]1c1ccccc1. The fourth-order valence-corrected chi connectivity index (χ4v) is 3.76. The van der Waals surface area contributed by atoms with Crippen LogP contribution in [-0.2, 0) is 0 Å². The summed E-state index contributed by atoms with van der Waals surface area (Å²) >= 11 is 0. The number of hydrogen-bond acceptors (Lipinski definition) is 1. The van der Waals surface area contributed by atoms with Gasteiger partial charge in [-0.05, 0) is 35.9 Å². The number of nitrogens with zero attached hydrogens (tertiary/aromatic N) is 1. The number of hydrogen-bond donors (Lipinski definition) is 0. The van der Waals surface area contributed by atoms with E-state index in [-0.39, 0.29) is 0 Å². The van der Waals surface area contributed by atoms with Crippen molar-refractivity contribution >= 4 is 6.85 Å². The molecule has 0 saturated heterocycles. The maximum Gasteiger partial charge on any atom is 0.246 e. The molecule has 1 nitrogen and oxygen atoms in total. The van der Waals surface area contributed by atoms with E-state index in [0.29, 0.717) is 18.5 Å². The minimum atomic E-state index is 0.478. The average Bonchev–Trinajstić information content (AvgIpc) is 3.02. The standard InChI is InChI=1S/C20H24BN/c1-3-22(4-2)21-19(17-11-7-5-8-12-17)15-16-20(21)18-13-9-6-10-14-18/h5-16,19-20H,3-4H2,1-2H3/t19-,20-/m1/s1. The second-order valence-electron chi connectivity index (χ2n) is 5.97. The molecule has 3 rings (SSSR count). The molecule has 0 aromatic heterocycles. The van der Waals surface area contributed by atoms with E-state index in [9.17, 15) is 0 Å². The van der Waals surface area contributed by atoms with Gasteiger partial charge in [0.25, 0.3) is 0 Å². The predicted molar refractivity (Wildman–Crippen MR) is 96.2 cm³/mol. The van der Waals surface area contributed by atoms with Gasteiger partial charge in [-0.15, -0.1) is 0 Å². The molecular formula is C20H24BN. The topological polar surface area (TPSA) is 3.24 Å². The molecule has 1 aliphatic heterocycles. The van der Waals surface area contributed by atoms with Gasteiger partial charge in [0.1, 0.15) is 0 Å². The van der Waals surface area contributed by atoms with Crippen LogP contribution in [0.1, 0.15) is 36.6 Å². The van der Waals surface area contributed by atoms with Crippen LogP contribution in [0.5, 0.6) is 0 Å². The van der Waals surface area contributed by atoms with Gasteiger partial charge in [0.2, 0.25) is 6.85 Å². The minimum absolute atomic E-state index is 0.478. The number of allylic oxidation sites excluding steroid dienone is 2. The van der Waals surface area contributed by atoms with Crippen molar-refractivity contribution in [1.82, 2.24) is 4.81 Å². The predicted octanol–water partition coefficient (Wildman–Crippen LogP) is 4.54. The van der Waals surface area contributed by atoms with Gasteiger partial charge in [-0.2, -0.15) is 0 Å². The molecule has 2 atom stereocenters. The third-order valence-corrected chi connectivity index (χ3v) is 4.86. The molecule has 0 amide bonds. The lowest BCUT2D eigenvalue weighted by atomic mass is 9.42. The van der Waals surface area contributed by atoms with Crippen molar-refractivity contribution in [3.8, 4) is 0 Å². The Bertz CT molecular complexity index is 555. The van der Waals surface area contributed by atoms with Crippen LogP contribution in [0.2, 0.25) is 0 Å². The molecule has 2 aromatic rings. The average molecular weight is 289 g/mol. The Morgan fingerprint density at radius 3 is 1.50 bits per heavy atom. The third-order valence-electron chi connectivity index (χ3n) is 4.86. The van der Waals surface area contributed by atoms with Crippen LogP contribution in [0, 0.1) is 0 Å². The molecule has 1 aliphatic rings. The molecular weight excluding hydrogens is 265 g/mol. The number of benzene rings is 2. The van der Waals surface area contributed by atoms with Gasteiger partial charge < -0.3 is 4.81 Å². The summed E-state index contributed by atoms with van der Waals surface area (Å²) in [6, 6.07) is 21.9. The minimum Gasteiger partial charge on any atom is -0.341 e. The molecule has 0 saturated carbocycles. The van der Waals surface area contributed by atoms with E-state index in [2.05, 4.69) is 91.5 Å². The lowest BCUT2D eigenvalue weighted by molar-refractivity contribution is 0.469. The molecule has 0 fully saturated rings. The Hall–Kier alpha value is -1.80. The molecule has 0 aliphatic carbocycles. The smallest absolute Gasteiger partial charge is 0.246 e. The third kappa shape index (κ3) is 2.89. The van der Waals surface area contributed by atoms with Crippen LogP contribution >= 0.6 is 0 Å². The molecule has 112 valence electrons. The van der Waals surface area contributed by atoms with Gasteiger partial charge in [-0.1, -0.05) is 86.7 Å². The van der Waals surface area contributed by atoms with Gasteiger partial charge in [-0.3, -0.25) is 0 Å². The maximum atomic E-state index is 2.61. The second kappa shape index (κ2) is 6.98. The van der Waals surface area contributed by atoms with Gasteiger partial charge >= 0.3 is 0 Å². The molecule has 22 heavy (non-hydrogen) atoms. The van der Waals surface area contributed by atoms with Crippen LogP contribution in [0.3, 0.4) is 0 Å². The van der Waals surface area contributed by atoms with Gasteiger partial charge in [-0.25, -0.2) is 0 Å². The molecule has 0 N–H and O–H groups in total. The van der Waals surface area contributed by atoms with Crippen molar-refractivity contribution in [3.63, 3.8) is 0 Å². The Kier molecular flexibility index (Phi) is 4.79. The van der Waals surface area contributed by atoms with Gasteiger partial charge in [0.05, 0.1) is 0 Å². The quantitative estimate of drug-likeness (QED) is 0.577. The zero-order valence-corrected chi connectivity index (χ0v) is 13.5. The van der Waals surface area contributed by atoms with E-state index < -0.39 is 0 Å². The Labute approximate surface area is 134 Å². The zero-order chi connectivity index (χ0) is 15.4. The van der Waals surface area contributed by atoms with Crippen LogP contribution in [0.4, 0.5) is 0 Å². The van der Waals surface area contributed by atoms with Crippen molar-refractivity contribution in [2.24, 2.45) is 0 Å². The highest BCUT2D eigenvalue weighted by Gasteiger charge is 2.40. The first kappa shape index (κ1) is 15.1. The molecule has 2 heteroatoms. The molecule has 0 unspecified atom stereocenters. The van der Waals surface area contributed by atoms with Crippen molar-refractivity contribution in [1.29, 1.82) is 0 Å². The summed E-state index contributed by atoms with van der Waals surface area (Å²) in [5, 5.41) is 0. The van der Waals surface area contributed by atoms with E-state index in [4.69, 9.17) is 0 Å². The normalized spacial score (nSPS) is 20.8. The number of rotatable bonds is 5. The lowest BCUT2D eigenvalue weighted by Gasteiger charge is -2.33. The van der Waals surface area contributed by atoms with Crippen molar-refractivity contribution < 1.29 is 0 Å². The fourth-order valence-electron chi connectivity index (χ4n) is 3.76. The van der Waals surface area contributed by atoms with Crippen molar-refractivity contribution in [3.05, 3.63) is 83.9 Å². The van der Waals surface area contributed by atoms with Crippen LogP contribution in [-0.4, -0.2) is 24.7 Å². The van der Waals surface area contributed by atoms with E-state index in [1.807, 2.05) is 0 Å². The van der Waals surface area contributed by atoms with Crippen LogP contribution in [0.25, 0.3) is 0 Å². The van der Waals surface area contributed by atoms with Crippen molar-refractivity contribution in [2.75, 3.05) is 13.1 Å². The highest BCUT2D eigenvalue weighted by Crippen LogP contribution is 2.38. The van der Waals surface area contributed by atoms with E-state index >= 15 is 0 Å². The van der Waals surface area contributed by atoms with Crippen LogP contribution in [0.15, 0.2) is 72.8 Å². The maximum absolute atomic E-state index is 2.61. The molecule has 0 bridgehead atoms. The highest BCUT2D eigenvalue weighted by molar-refractivity contribution is 6.61. The first-order chi connectivity index (χ1) is 10.8. The first-order valence-electron chi connectivity index (χ1n) is 8.37. The summed E-state index contributed by atoms with van der Waals surface area (Å²) in [5.74, 6) is 0.956. The molecule has 0 spiro atoms. The largest absolute Gasteiger partial charge is 0.341 e. The monoisotopic (exact) mass is 289 g/mol. The summed E-state index contributed by atoms with van der Waals surface area (Å²) in [6.07, 6.45) is 4.83. The Morgan fingerprint density at radius 1 is 0.727 bits per heavy atom. The highest BCUT2D eigenvalue weighted by atomic mass is 15.0. The molecule has 2 aromatic carbocycles. The second-order valence-corrected chi connectivity index (χ2v) is 5.97. The summed E-state index contributed by atoms with van der Waals surface area (Å²) in [7, 11) is 0. The van der Waals surface area contributed by atoms with E-state index in [1.54, 1.807) is 0 Å². The first-order valence-corrected chi connectivity index (χ1v) is 8.37. The summed E-state index contributed by atoms with van der Waals surface area (Å²) < 4.78 is 0. The molecule has 1 heterocycles. The van der Waals surface area contributed by atoms with Crippen molar-refractivity contribution in [2.45, 2.75) is 25.5 Å². The summed E-state index contributed by atoms with van der Waals surface area (Å²) in [6.45, 7) is 7.24. The van der Waals surface area contributed by atoms with Gasteiger partial charge in [0, 0.05) is 0 Å². The zero-order valence-electron chi connectivity index (χ0n) is 13.5. The van der Waals surface area contributed by atoms with E-state index in [1.165, 1.54) is 11.1 Å².